The second-order valence-corrected chi connectivity index (χ2v) is 19.6. The van der Waals surface area contributed by atoms with Crippen molar-refractivity contribution in [2.45, 2.75) is 316 Å². The van der Waals surface area contributed by atoms with Crippen molar-refractivity contribution in [2.24, 2.45) is 0 Å². The van der Waals surface area contributed by atoms with Gasteiger partial charge >= 0.3 is 17.9 Å². The Labute approximate surface area is 410 Å². The van der Waals surface area contributed by atoms with Crippen LogP contribution in [0, 0.1) is 0 Å². The van der Waals surface area contributed by atoms with Crippen molar-refractivity contribution in [2.75, 3.05) is 13.2 Å². The molecule has 6 heteroatoms. The second-order valence-electron chi connectivity index (χ2n) is 19.6. The number of rotatable bonds is 53. The van der Waals surface area contributed by atoms with Crippen LogP contribution in [-0.4, -0.2) is 37.2 Å². The lowest BCUT2D eigenvalue weighted by Gasteiger charge is -2.18. The van der Waals surface area contributed by atoms with Gasteiger partial charge in [-0.2, -0.15) is 0 Å². The lowest BCUT2D eigenvalue weighted by atomic mass is 10.1. The lowest BCUT2D eigenvalue weighted by Crippen LogP contribution is -2.30. The Hall–Kier alpha value is -2.37. The number of allylic oxidation sites excluding steroid dienone is 6. The summed E-state index contributed by atoms with van der Waals surface area (Å²) in [5, 5.41) is 0. The summed E-state index contributed by atoms with van der Waals surface area (Å²) in [5.74, 6) is -0.866. The zero-order chi connectivity index (χ0) is 47.9. The van der Waals surface area contributed by atoms with E-state index in [1.54, 1.807) is 0 Å². The molecule has 0 saturated carbocycles. The smallest absolute Gasteiger partial charge is 0.306 e. The molecule has 0 amide bonds. The Morgan fingerprint density at radius 2 is 0.545 bits per heavy atom. The third-order valence-electron chi connectivity index (χ3n) is 12.9. The zero-order valence-corrected chi connectivity index (χ0v) is 44.2. The molecule has 0 saturated heterocycles. The molecule has 0 aromatic rings. The molecule has 0 rings (SSSR count). The highest BCUT2D eigenvalue weighted by atomic mass is 16.6. The average molecular weight is 928 g/mol. The summed E-state index contributed by atoms with van der Waals surface area (Å²) < 4.78 is 16.9. The first-order valence-electron chi connectivity index (χ1n) is 29.0. The van der Waals surface area contributed by atoms with Gasteiger partial charge in [-0.3, -0.25) is 14.4 Å². The molecule has 1 atom stereocenters. The predicted molar refractivity (Wildman–Crippen MR) is 284 cm³/mol. The first kappa shape index (κ1) is 63.6. The fourth-order valence-electron chi connectivity index (χ4n) is 8.47. The maximum Gasteiger partial charge on any atom is 0.306 e. The normalized spacial score (nSPS) is 12.2. The topological polar surface area (TPSA) is 78.9 Å². The van der Waals surface area contributed by atoms with Gasteiger partial charge < -0.3 is 14.2 Å². The molecule has 0 aromatic carbocycles. The minimum Gasteiger partial charge on any atom is -0.462 e. The third-order valence-corrected chi connectivity index (χ3v) is 12.9. The Morgan fingerprint density at radius 1 is 0.303 bits per heavy atom. The van der Waals surface area contributed by atoms with Gasteiger partial charge in [-0.15, -0.1) is 0 Å². The van der Waals surface area contributed by atoms with Gasteiger partial charge in [0.15, 0.2) is 6.10 Å². The zero-order valence-electron chi connectivity index (χ0n) is 44.2. The molecule has 0 radical (unpaired) electrons. The van der Waals surface area contributed by atoms with Crippen LogP contribution in [0.2, 0.25) is 0 Å². The predicted octanol–water partition coefficient (Wildman–Crippen LogP) is 19.3. The van der Waals surface area contributed by atoms with Crippen LogP contribution in [0.25, 0.3) is 0 Å². The maximum atomic E-state index is 12.8. The van der Waals surface area contributed by atoms with E-state index >= 15 is 0 Å². The molecule has 0 bridgehead atoms. The fraction of sp³-hybridized carbons (Fsp3) is 0.850. The van der Waals surface area contributed by atoms with E-state index in [1.165, 1.54) is 205 Å². The van der Waals surface area contributed by atoms with Crippen LogP contribution in [0.4, 0.5) is 0 Å². The van der Waals surface area contributed by atoms with Gasteiger partial charge in [-0.1, -0.05) is 250 Å². The van der Waals surface area contributed by atoms with E-state index < -0.39 is 6.10 Å². The van der Waals surface area contributed by atoms with Crippen molar-refractivity contribution in [3.8, 4) is 0 Å². The van der Waals surface area contributed by atoms with Gasteiger partial charge in [0.25, 0.3) is 0 Å². The van der Waals surface area contributed by atoms with Crippen LogP contribution in [0.5, 0.6) is 0 Å². The molecular formula is C60H110O6. The van der Waals surface area contributed by atoms with Crippen LogP contribution < -0.4 is 0 Å². The molecule has 0 aromatic heterocycles. The van der Waals surface area contributed by atoms with Crippen LogP contribution in [-0.2, 0) is 28.6 Å². The number of ether oxygens (including phenoxy) is 3. The average Bonchev–Trinajstić information content (AvgIpc) is 3.31. The van der Waals surface area contributed by atoms with E-state index in [-0.39, 0.29) is 31.1 Å². The summed E-state index contributed by atoms with van der Waals surface area (Å²) in [7, 11) is 0. The van der Waals surface area contributed by atoms with Crippen molar-refractivity contribution in [1.82, 2.24) is 0 Å². The summed E-state index contributed by atoms with van der Waals surface area (Å²) in [6, 6.07) is 0. The molecule has 0 aliphatic heterocycles. The van der Waals surface area contributed by atoms with E-state index in [1.807, 2.05) is 0 Å². The highest BCUT2D eigenvalue weighted by Gasteiger charge is 2.19. The highest BCUT2D eigenvalue weighted by Crippen LogP contribution is 2.16. The van der Waals surface area contributed by atoms with E-state index in [0.29, 0.717) is 19.3 Å². The van der Waals surface area contributed by atoms with Crippen LogP contribution in [0.15, 0.2) is 36.5 Å². The summed E-state index contributed by atoms with van der Waals surface area (Å²) in [4.78, 5) is 38.1. The molecule has 66 heavy (non-hydrogen) atoms. The van der Waals surface area contributed by atoms with Gasteiger partial charge in [0.2, 0.25) is 0 Å². The molecule has 0 heterocycles. The van der Waals surface area contributed by atoms with Crippen molar-refractivity contribution in [3.05, 3.63) is 36.5 Å². The standard InChI is InChI=1S/C60H110O6/c1-4-7-10-13-16-19-22-24-26-28-30-32-34-36-38-41-44-47-50-53-59(62)65-56-57(55-64-58(61)52-49-46-43-40-21-18-15-12-9-6-3)66-60(63)54-51-48-45-42-39-37-35-33-31-29-27-25-23-20-17-14-11-8-5-2/h16,19,24,26,29,31,57H,4-15,17-18,20-23,25,27-28,30,32-56H2,1-3H3/b19-16-,26-24-,31-29-/t57-/m1/s1. The second kappa shape index (κ2) is 55.2. The number of unbranched alkanes of at least 4 members (excludes halogenated alkanes) is 36. The van der Waals surface area contributed by atoms with Crippen molar-refractivity contribution in [3.63, 3.8) is 0 Å². The Kier molecular flexibility index (Phi) is 53.2. The van der Waals surface area contributed by atoms with Crippen molar-refractivity contribution < 1.29 is 28.6 Å². The van der Waals surface area contributed by atoms with Gasteiger partial charge in [0.1, 0.15) is 13.2 Å². The molecule has 0 fully saturated rings. The first-order chi connectivity index (χ1) is 32.5. The Bertz CT molecular complexity index is 1110. The van der Waals surface area contributed by atoms with E-state index in [0.717, 1.165) is 64.2 Å². The van der Waals surface area contributed by atoms with Crippen LogP contribution in [0.1, 0.15) is 310 Å². The minimum atomic E-state index is -0.772. The van der Waals surface area contributed by atoms with Gasteiger partial charge in [-0.05, 0) is 77.0 Å². The number of hydrogen-bond acceptors (Lipinski definition) is 6. The molecule has 386 valence electrons. The Morgan fingerprint density at radius 3 is 0.879 bits per heavy atom. The molecule has 0 aliphatic rings. The minimum absolute atomic E-state index is 0.0719. The molecule has 6 nitrogen and oxygen atoms in total. The summed E-state index contributed by atoms with van der Waals surface area (Å²) in [6.45, 7) is 6.63. The summed E-state index contributed by atoms with van der Waals surface area (Å²) in [5.41, 5.74) is 0. The van der Waals surface area contributed by atoms with Crippen LogP contribution in [0.3, 0.4) is 0 Å². The van der Waals surface area contributed by atoms with Gasteiger partial charge in [-0.25, -0.2) is 0 Å². The number of carbonyl (C=O) groups is 3. The number of carbonyl (C=O) groups excluding carboxylic acids is 3. The Balaban J connectivity index is 4.29. The quantitative estimate of drug-likeness (QED) is 0.0262. The number of hydrogen-bond donors (Lipinski definition) is 0. The monoisotopic (exact) mass is 927 g/mol. The van der Waals surface area contributed by atoms with Crippen molar-refractivity contribution in [1.29, 1.82) is 0 Å². The summed E-state index contributed by atoms with van der Waals surface area (Å²) in [6.07, 6.45) is 65.6. The van der Waals surface area contributed by atoms with Crippen LogP contribution >= 0.6 is 0 Å². The van der Waals surface area contributed by atoms with E-state index in [9.17, 15) is 14.4 Å². The summed E-state index contributed by atoms with van der Waals surface area (Å²) >= 11 is 0. The maximum absolute atomic E-state index is 12.8. The first-order valence-corrected chi connectivity index (χ1v) is 29.0. The highest BCUT2D eigenvalue weighted by molar-refractivity contribution is 5.71. The molecular weight excluding hydrogens is 817 g/mol. The van der Waals surface area contributed by atoms with Gasteiger partial charge in [0.05, 0.1) is 0 Å². The van der Waals surface area contributed by atoms with E-state index in [2.05, 4.69) is 57.2 Å². The fourth-order valence-corrected chi connectivity index (χ4v) is 8.47. The van der Waals surface area contributed by atoms with E-state index in [4.69, 9.17) is 14.2 Å². The molecule has 0 spiro atoms. The molecule has 0 unspecified atom stereocenters. The lowest BCUT2D eigenvalue weighted by molar-refractivity contribution is -0.167. The van der Waals surface area contributed by atoms with Gasteiger partial charge in [0, 0.05) is 19.3 Å². The molecule has 0 aliphatic carbocycles. The number of esters is 3. The third kappa shape index (κ3) is 52.6. The SMILES string of the molecule is CCCCC/C=C\C/C=C\CCCCCCCCCCCC(=O)OC[C@@H](COC(=O)CCCCCCCCCCCC)OC(=O)CCCCCCCCC/C=C\CCCCCCCCCC. The van der Waals surface area contributed by atoms with Crippen molar-refractivity contribution >= 4 is 17.9 Å². The largest absolute Gasteiger partial charge is 0.462 e. The molecule has 0 N–H and O–H groups in total.